The predicted molar refractivity (Wildman–Crippen MR) is 104 cm³/mol. The molecule has 2 aliphatic heterocycles. The SMILES string of the molecule is CC1CCc2cc(F)ccc2N1C(=O)C1CN(C(=O)COc2ccccc2F)C1. The average molecular weight is 400 g/mol. The maximum atomic E-state index is 13.6. The summed E-state index contributed by atoms with van der Waals surface area (Å²) in [6, 6.07) is 10.4. The number of rotatable bonds is 4. The van der Waals surface area contributed by atoms with Crippen molar-refractivity contribution in [2.45, 2.75) is 25.8 Å². The zero-order valence-electron chi connectivity index (χ0n) is 16.1. The summed E-state index contributed by atoms with van der Waals surface area (Å²) in [5, 5.41) is 0. The molecule has 0 aliphatic carbocycles. The van der Waals surface area contributed by atoms with E-state index in [4.69, 9.17) is 4.74 Å². The molecule has 0 N–H and O–H groups in total. The molecule has 1 atom stereocenters. The first-order valence-corrected chi connectivity index (χ1v) is 9.70. The second-order valence-corrected chi connectivity index (χ2v) is 7.58. The van der Waals surface area contributed by atoms with Crippen molar-refractivity contribution in [3.63, 3.8) is 0 Å². The lowest BCUT2D eigenvalue weighted by molar-refractivity contribution is -0.143. The van der Waals surface area contributed by atoms with Crippen LogP contribution >= 0.6 is 0 Å². The van der Waals surface area contributed by atoms with Crippen LogP contribution < -0.4 is 9.64 Å². The molecule has 2 amide bonds. The van der Waals surface area contributed by atoms with Gasteiger partial charge in [-0.1, -0.05) is 12.1 Å². The number of halogens is 2. The third-order valence-electron chi connectivity index (χ3n) is 5.58. The Morgan fingerprint density at radius 3 is 2.66 bits per heavy atom. The van der Waals surface area contributed by atoms with Crippen molar-refractivity contribution in [1.82, 2.24) is 4.90 Å². The third kappa shape index (κ3) is 3.81. The van der Waals surface area contributed by atoms with Gasteiger partial charge in [0.05, 0.1) is 5.92 Å². The van der Waals surface area contributed by atoms with Gasteiger partial charge < -0.3 is 14.5 Å². The Morgan fingerprint density at radius 1 is 1.14 bits per heavy atom. The number of hydrogen-bond acceptors (Lipinski definition) is 3. The smallest absolute Gasteiger partial charge is 0.260 e. The molecule has 1 saturated heterocycles. The number of hydrogen-bond donors (Lipinski definition) is 0. The molecule has 1 fully saturated rings. The highest BCUT2D eigenvalue weighted by molar-refractivity contribution is 5.98. The highest BCUT2D eigenvalue weighted by Gasteiger charge is 2.40. The number of anilines is 1. The van der Waals surface area contributed by atoms with E-state index in [0.717, 1.165) is 24.1 Å². The number of aryl methyl sites for hydroxylation is 1. The lowest BCUT2D eigenvalue weighted by Crippen LogP contribution is -2.59. The van der Waals surface area contributed by atoms with Crippen LogP contribution in [0.15, 0.2) is 42.5 Å². The Kier molecular flexibility index (Phi) is 5.22. The summed E-state index contributed by atoms with van der Waals surface area (Å²) < 4.78 is 32.3. The zero-order valence-corrected chi connectivity index (χ0v) is 16.1. The van der Waals surface area contributed by atoms with Crippen LogP contribution in [0.4, 0.5) is 14.5 Å². The molecule has 4 rings (SSSR count). The second-order valence-electron chi connectivity index (χ2n) is 7.58. The van der Waals surface area contributed by atoms with Gasteiger partial charge in [-0.15, -0.1) is 0 Å². The maximum Gasteiger partial charge on any atom is 0.260 e. The zero-order chi connectivity index (χ0) is 20.5. The van der Waals surface area contributed by atoms with Crippen LogP contribution in [0.3, 0.4) is 0 Å². The van der Waals surface area contributed by atoms with Gasteiger partial charge in [-0.25, -0.2) is 8.78 Å². The molecule has 2 aliphatic rings. The van der Waals surface area contributed by atoms with Gasteiger partial charge >= 0.3 is 0 Å². The van der Waals surface area contributed by atoms with E-state index >= 15 is 0 Å². The molecule has 2 aromatic rings. The van der Waals surface area contributed by atoms with Crippen LogP contribution in [-0.2, 0) is 16.0 Å². The van der Waals surface area contributed by atoms with Gasteiger partial charge in [0.1, 0.15) is 5.82 Å². The summed E-state index contributed by atoms with van der Waals surface area (Å²) in [6.45, 7) is 2.31. The van der Waals surface area contributed by atoms with E-state index in [9.17, 15) is 18.4 Å². The van der Waals surface area contributed by atoms with Gasteiger partial charge in [0.25, 0.3) is 5.91 Å². The molecule has 2 heterocycles. The fourth-order valence-corrected chi connectivity index (χ4v) is 3.88. The molecular weight excluding hydrogens is 378 g/mol. The highest BCUT2D eigenvalue weighted by atomic mass is 19.1. The predicted octanol–water partition coefficient (Wildman–Crippen LogP) is 3.17. The van der Waals surface area contributed by atoms with Gasteiger partial charge in [-0.2, -0.15) is 0 Å². The number of amides is 2. The number of carbonyl (C=O) groups is 2. The molecule has 29 heavy (non-hydrogen) atoms. The third-order valence-corrected chi connectivity index (χ3v) is 5.58. The summed E-state index contributed by atoms with van der Waals surface area (Å²) in [5.41, 5.74) is 1.59. The lowest BCUT2D eigenvalue weighted by Gasteiger charge is -2.43. The summed E-state index contributed by atoms with van der Waals surface area (Å²) >= 11 is 0. The van der Waals surface area contributed by atoms with E-state index < -0.39 is 5.82 Å². The molecule has 0 radical (unpaired) electrons. The fourth-order valence-electron chi connectivity index (χ4n) is 3.88. The number of benzene rings is 2. The quantitative estimate of drug-likeness (QED) is 0.792. The summed E-state index contributed by atoms with van der Waals surface area (Å²) in [6.07, 6.45) is 1.51. The Labute approximate surface area is 167 Å². The topological polar surface area (TPSA) is 49.9 Å². The number of fused-ring (bicyclic) bond motifs is 1. The number of para-hydroxylation sites is 1. The van der Waals surface area contributed by atoms with E-state index in [-0.39, 0.29) is 41.9 Å². The molecule has 0 saturated carbocycles. The summed E-state index contributed by atoms with van der Waals surface area (Å²) in [5.74, 6) is -1.44. The van der Waals surface area contributed by atoms with Crippen LogP contribution in [0, 0.1) is 17.6 Å². The summed E-state index contributed by atoms with van der Waals surface area (Å²) in [7, 11) is 0. The fraction of sp³-hybridized carbons (Fsp3) is 0.364. The first kappa shape index (κ1) is 19.4. The largest absolute Gasteiger partial charge is 0.481 e. The monoisotopic (exact) mass is 400 g/mol. The second kappa shape index (κ2) is 7.81. The Hall–Kier alpha value is -2.96. The lowest BCUT2D eigenvalue weighted by atomic mass is 9.92. The van der Waals surface area contributed by atoms with Crippen LogP contribution in [0.5, 0.6) is 5.75 Å². The van der Waals surface area contributed by atoms with Gasteiger partial charge in [0.15, 0.2) is 18.2 Å². The van der Waals surface area contributed by atoms with E-state index in [0.29, 0.717) is 13.1 Å². The van der Waals surface area contributed by atoms with Crippen LogP contribution in [0.2, 0.25) is 0 Å². The number of carbonyl (C=O) groups excluding carboxylic acids is 2. The Bertz CT molecular complexity index is 943. The molecule has 152 valence electrons. The number of likely N-dealkylation sites (tertiary alicyclic amines) is 1. The molecule has 1 unspecified atom stereocenters. The minimum Gasteiger partial charge on any atom is -0.481 e. The molecule has 0 aromatic heterocycles. The van der Waals surface area contributed by atoms with Crippen molar-refractivity contribution in [1.29, 1.82) is 0 Å². The molecule has 5 nitrogen and oxygen atoms in total. The van der Waals surface area contributed by atoms with Crippen molar-refractivity contribution in [2.24, 2.45) is 5.92 Å². The number of ether oxygens (including phenoxy) is 1. The average Bonchev–Trinajstić information content (AvgIpc) is 2.66. The molecular formula is C22H22F2N2O3. The van der Waals surface area contributed by atoms with Crippen LogP contribution in [0.25, 0.3) is 0 Å². The van der Waals surface area contributed by atoms with Crippen molar-refractivity contribution in [3.05, 3.63) is 59.7 Å². The van der Waals surface area contributed by atoms with E-state index in [2.05, 4.69) is 0 Å². The minimum absolute atomic E-state index is 0.0228. The molecule has 0 bridgehead atoms. The van der Waals surface area contributed by atoms with Crippen molar-refractivity contribution >= 4 is 17.5 Å². The summed E-state index contributed by atoms with van der Waals surface area (Å²) in [4.78, 5) is 28.6. The van der Waals surface area contributed by atoms with Gasteiger partial charge in [-0.05, 0) is 55.7 Å². The normalized spacial score (nSPS) is 18.8. The molecule has 0 spiro atoms. The maximum absolute atomic E-state index is 13.6. The highest BCUT2D eigenvalue weighted by Crippen LogP contribution is 2.33. The van der Waals surface area contributed by atoms with E-state index in [1.54, 1.807) is 23.1 Å². The molecule has 2 aromatic carbocycles. The van der Waals surface area contributed by atoms with E-state index in [1.807, 2.05) is 6.92 Å². The van der Waals surface area contributed by atoms with Crippen LogP contribution in [0.1, 0.15) is 18.9 Å². The van der Waals surface area contributed by atoms with Crippen molar-refractivity contribution < 1.29 is 23.1 Å². The first-order valence-electron chi connectivity index (χ1n) is 9.70. The van der Waals surface area contributed by atoms with E-state index in [1.165, 1.54) is 29.2 Å². The number of nitrogens with zero attached hydrogens (tertiary/aromatic N) is 2. The minimum atomic E-state index is -0.522. The first-order chi connectivity index (χ1) is 13.9. The van der Waals surface area contributed by atoms with Crippen molar-refractivity contribution in [3.8, 4) is 5.75 Å². The molecule has 7 heteroatoms. The van der Waals surface area contributed by atoms with Gasteiger partial charge in [0, 0.05) is 24.8 Å². The van der Waals surface area contributed by atoms with Gasteiger partial charge in [-0.3, -0.25) is 9.59 Å². The standard InChI is InChI=1S/C22H22F2N2O3/c1-14-6-7-15-10-17(23)8-9-19(15)26(14)22(28)16-11-25(12-16)21(27)13-29-20-5-3-2-4-18(20)24/h2-5,8-10,14,16H,6-7,11-13H2,1H3. The Balaban J connectivity index is 1.35. The van der Waals surface area contributed by atoms with Gasteiger partial charge in [0.2, 0.25) is 5.91 Å². The van der Waals surface area contributed by atoms with Crippen molar-refractivity contribution in [2.75, 3.05) is 24.6 Å². The Morgan fingerprint density at radius 2 is 1.90 bits per heavy atom. The van der Waals surface area contributed by atoms with Crippen LogP contribution in [-0.4, -0.2) is 42.5 Å².